The Labute approximate surface area is 184 Å². The van der Waals surface area contributed by atoms with E-state index in [0.29, 0.717) is 28.4 Å². The first-order chi connectivity index (χ1) is 15.5. The van der Waals surface area contributed by atoms with E-state index in [2.05, 4.69) is 16.0 Å². The van der Waals surface area contributed by atoms with Crippen molar-refractivity contribution in [2.24, 2.45) is 0 Å². The lowest BCUT2D eigenvalue weighted by atomic mass is 10.1. The van der Waals surface area contributed by atoms with Crippen molar-refractivity contribution in [2.45, 2.75) is 6.42 Å². The van der Waals surface area contributed by atoms with Gasteiger partial charge in [0.05, 0.1) is 23.3 Å². The summed E-state index contributed by atoms with van der Waals surface area (Å²) in [6.07, 6.45) is 0.0535. The smallest absolute Gasteiger partial charge is 0.292 e. The predicted molar refractivity (Wildman–Crippen MR) is 122 cm³/mol. The molecule has 0 aromatic heterocycles. The zero-order chi connectivity index (χ0) is 22.9. The minimum absolute atomic E-state index is 0.0535. The van der Waals surface area contributed by atoms with E-state index >= 15 is 0 Å². The number of para-hydroxylation sites is 3. The van der Waals surface area contributed by atoms with Crippen molar-refractivity contribution >= 4 is 34.6 Å². The van der Waals surface area contributed by atoms with E-state index in [4.69, 9.17) is 4.74 Å². The molecular formula is C23H22N4O5. The van der Waals surface area contributed by atoms with Crippen LogP contribution >= 0.6 is 0 Å². The first-order valence-corrected chi connectivity index (χ1v) is 9.79. The maximum absolute atomic E-state index is 12.7. The molecule has 0 saturated heterocycles. The lowest BCUT2D eigenvalue weighted by molar-refractivity contribution is -0.384. The number of benzene rings is 3. The summed E-state index contributed by atoms with van der Waals surface area (Å²) in [6.45, 7) is 0.189. The van der Waals surface area contributed by atoms with Gasteiger partial charge in [0, 0.05) is 30.8 Å². The van der Waals surface area contributed by atoms with Crippen molar-refractivity contribution < 1.29 is 19.2 Å². The molecule has 0 fully saturated rings. The maximum atomic E-state index is 12.7. The van der Waals surface area contributed by atoms with Crippen LogP contribution in [0.1, 0.15) is 16.8 Å². The van der Waals surface area contributed by atoms with Gasteiger partial charge in [-0.2, -0.15) is 0 Å². The van der Waals surface area contributed by atoms with Gasteiger partial charge >= 0.3 is 0 Å². The van der Waals surface area contributed by atoms with Crippen LogP contribution in [0.5, 0.6) is 5.75 Å². The Morgan fingerprint density at radius 2 is 1.66 bits per heavy atom. The van der Waals surface area contributed by atoms with Crippen molar-refractivity contribution in [3.8, 4) is 5.75 Å². The molecule has 3 aromatic carbocycles. The quantitative estimate of drug-likeness (QED) is 0.341. The van der Waals surface area contributed by atoms with Gasteiger partial charge in [-0.05, 0) is 30.3 Å². The monoisotopic (exact) mass is 434 g/mol. The van der Waals surface area contributed by atoms with Crippen LogP contribution < -0.4 is 20.7 Å². The highest BCUT2D eigenvalue weighted by molar-refractivity contribution is 6.10. The molecule has 3 rings (SSSR count). The Morgan fingerprint density at radius 1 is 0.938 bits per heavy atom. The van der Waals surface area contributed by atoms with Crippen molar-refractivity contribution in [3.05, 3.63) is 88.5 Å². The van der Waals surface area contributed by atoms with Crippen LogP contribution in [0.25, 0.3) is 0 Å². The average molecular weight is 434 g/mol. The molecule has 0 unspecified atom stereocenters. The van der Waals surface area contributed by atoms with Crippen LogP contribution in [0.2, 0.25) is 0 Å². The molecule has 9 nitrogen and oxygen atoms in total. The SMILES string of the molecule is COc1cccc(NC(=O)c2ccccc2NC(=O)CCNc2ccccc2[N+](=O)[O-])c1. The Balaban J connectivity index is 1.61. The summed E-state index contributed by atoms with van der Waals surface area (Å²) in [7, 11) is 1.54. The van der Waals surface area contributed by atoms with E-state index in [9.17, 15) is 19.7 Å². The number of carbonyl (C=O) groups is 2. The van der Waals surface area contributed by atoms with Gasteiger partial charge in [-0.1, -0.05) is 30.3 Å². The van der Waals surface area contributed by atoms with E-state index in [1.165, 1.54) is 13.2 Å². The van der Waals surface area contributed by atoms with E-state index < -0.39 is 4.92 Å². The van der Waals surface area contributed by atoms with E-state index in [-0.39, 0.29) is 30.5 Å². The molecule has 32 heavy (non-hydrogen) atoms. The van der Waals surface area contributed by atoms with E-state index in [0.717, 1.165) is 0 Å². The highest BCUT2D eigenvalue weighted by Crippen LogP contribution is 2.23. The van der Waals surface area contributed by atoms with Crippen molar-refractivity contribution in [1.82, 2.24) is 0 Å². The number of rotatable bonds is 9. The van der Waals surface area contributed by atoms with Gasteiger partial charge < -0.3 is 20.7 Å². The molecule has 0 aliphatic heterocycles. The van der Waals surface area contributed by atoms with Crippen LogP contribution in [0.15, 0.2) is 72.8 Å². The number of amides is 2. The normalized spacial score (nSPS) is 10.2. The van der Waals surface area contributed by atoms with Gasteiger partial charge in [-0.15, -0.1) is 0 Å². The summed E-state index contributed by atoms with van der Waals surface area (Å²) in [4.78, 5) is 35.7. The minimum atomic E-state index is -0.487. The fourth-order valence-electron chi connectivity index (χ4n) is 3.00. The molecule has 0 atom stereocenters. The Kier molecular flexibility index (Phi) is 7.37. The average Bonchev–Trinajstić information content (AvgIpc) is 2.79. The maximum Gasteiger partial charge on any atom is 0.292 e. The molecule has 0 saturated carbocycles. The largest absolute Gasteiger partial charge is 0.497 e. The molecule has 3 aromatic rings. The highest BCUT2D eigenvalue weighted by atomic mass is 16.6. The summed E-state index contributed by atoms with van der Waals surface area (Å²) in [5.41, 5.74) is 1.50. The second-order valence-corrected chi connectivity index (χ2v) is 6.73. The fourth-order valence-corrected chi connectivity index (χ4v) is 3.00. The molecule has 0 radical (unpaired) electrons. The molecule has 0 aliphatic rings. The van der Waals surface area contributed by atoms with Gasteiger partial charge in [-0.25, -0.2) is 0 Å². The van der Waals surface area contributed by atoms with Crippen molar-refractivity contribution in [3.63, 3.8) is 0 Å². The third-order valence-corrected chi connectivity index (χ3v) is 4.54. The third kappa shape index (κ3) is 5.82. The number of hydrogen-bond acceptors (Lipinski definition) is 6. The highest BCUT2D eigenvalue weighted by Gasteiger charge is 2.15. The number of hydrogen-bond donors (Lipinski definition) is 3. The lowest BCUT2D eigenvalue weighted by Crippen LogP contribution is -2.20. The van der Waals surface area contributed by atoms with Crippen LogP contribution in [-0.2, 0) is 4.79 Å². The molecule has 2 amide bonds. The summed E-state index contributed by atoms with van der Waals surface area (Å²) in [5, 5.41) is 19.5. The number of methoxy groups -OCH3 is 1. The first-order valence-electron chi connectivity index (χ1n) is 9.79. The Morgan fingerprint density at radius 3 is 2.41 bits per heavy atom. The molecule has 164 valence electrons. The zero-order valence-electron chi connectivity index (χ0n) is 17.3. The van der Waals surface area contributed by atoms with Crippen LogP contribution in [0.3, 0.4) is 0 Å². The fraction of sp³-hybridized carbons (Fsp3) is 0.130. The molecule has 0 bridgehead atoms. The van der Waals surface area contributed by atoms with E-state index in [1.54, 1.807) is 66.7 Å². The number of nitrogens with one attached hydrogen (secondary N) is 3. The number of anilines is 3. The van der Waals surface area contributed by atoms with Gasteiger partial charge in [0.2, 0.25) is 5.91 Å². The second kappa shape index (κ2) is 10.6. The minimum Gasteiger partial charge on any atom is -0.497 e. The summed E-state index contributed by atoms with van der Waals surface area (Å²) in [5.74, 6) is -0.111. The Bertz CT molecular complexity index is 1130. The molecule has 3 N–H and O–H groups in total. The van der Waals surface area contributed by atoms with Crippen LogP contribution in [0.4, 0.5) is 22.7 Å². The van der Waals surface area contributed by atoms with Gasteiger partial charge in [0.1, 0.15) is 11.4 Å². The molecule has 0 aliphatic carbocycles. The van der Waals surface area contributed by atoms with Gasteiger partial charge in [0.15, 0.2) is 0 Å². The van der Waals surface area contributed by atoms with Crippen LogP contribution in [-0.4, -0.2) is 30.4 Å². The molecular weight excluding hydrogens is 412 g/mol. The standard InChI is InChI=1S/C23H22N4O5/c1-32-17-8-6-7-16(15-17)25-23(29)18-9-2-3-10-19(18)26-22(28)13-14-24-20-11-4-5-12-21(20)27(30)31/h2-12,15,24H,13-14H2,1H3,(H,25,29)(H,26,28). The van der Waals surface area contributed by atoms with Gasteiger partial charge in [-0.3, -0.25) is 19.7 Å². The molecule has 0 heterocycles. The topological polar surface area (TPSA) is 123 Å². The molecule has 9 heteroatoms. The Hall–Kier alpha value is -4.40. The lowest BCUT2D eigenvalue weighted by Gasteiger charge is -2.12. The zero-order valence-corrected chi connectivity index (χ0v) is 17.3. The van der Waals surface area contributed by atoms with Crippen LogP contribution in [0, 0.1) is 10.1 Å². The molecule has 0 spiro atoms. The number of nitro groups is 1. The number of ether oxygens (including phenoxy) is 1. The second-order valence-electron chi connectivity index (χ2n) is 6.73. The van der Waals surface area contributed by atoms with E-state index in [1.807, 2.05) is 0 Å². The third-order valence-electron chi connectivity index (χ3n) is 4.54. The summed E-state index contributed by atoms with van der Waals surface area (Å²) in [6, 6.07) is 19.8. The number of carbonyl (C=O) groups excluding carboxylic acids is 2. The first kappa shape index (κ1) is 22.3. The van der Waals surface area contributed by atoms with Crippen molar-refractivity contribution in [2.75, 3.05) is 29.6 Å². The van der Waals surface area contributed by atoms with Gasteiger partial charge in [0.25, 0.3) is 11.6 Å². The summed E-state index contributed by atoms with van der Waals surface area (Å²) < 4.78 is 5.16. The summed E-state index contributed by atoms with van der Waals surface area (Å²) >= 11 is 0. The number of nitro benzene ring substituents is 1. The van der Waals surface area contributed by atoms with Crippen molar-refractivity contribution in [1.29, 1.82) is 0 Å². The predicted octanol–water partition coefficient (Wildman–Crippen LogP) is 4.30. The number of nitrogens with zero attached hydrogens (tertiary/aromatic N) is 1.